The van der Waals surface area contributed by atoms with Crippen LogP contribution in [0, 0.1) is 0 Å². The fraction of sp³-hybridized carbons (Fsp3) is 0.357. The van der Waals surface area contributed by atoms with Crippen LogP contribution < -0.4 is 4.90 Å². The molecule has 9 nitrogen and oxygen atoms in total. The molecule has 3 heterocycles. The Hall–Kier alpha value is -3.63. The Kier molecular flexibility index (Phi) is 10.5. The van der Waals surface area contributed by atoms with Crippen molar-refractivity contribution in [2.24, 2.45) is 0 Å². The normalized spacial score (nSPS) is 10.8. The summed E-state index contributed by atoms with van der Waals surface area (Å²) in [5, 5.41) is 30.6. The van der Waals surface area contributed by atoms with E-state index in [1.165, 1.54) is 17.8 Å². The first-order valence-corrected chi connectivity index (χ1v) is 13.6. The van der Waals surface area contributed by atoms with Gasteiger partial charge in [0.1, 0.15) is 17.3 Å². The lowest BCUT2D eigenvalue weighted by molar-refractivity contribution is 0.206. The predicted molar refractivity (Wildman–Crippen MR) is 152 cm³/mol. The van der Waals surface area contributed by atoms with Gasteiger partial charge in [0, 0.05) is 44.9 Å². The second-order valence-electron chi connectivity index (χ2n) is 8.66. The summed E-state index contributed by atoms with van der Waals surface area (Å²) in [5.41, 5.74) is 3.02. The zero-order valence-electron chi connectivity index (χ0n) is 22.8. The number of phenolic OH excluding ortho intramolecular Hbond substituents is 2. The summed E-state index contributed by atoms with van der Waals surface area (Å²) in [4.78, 5) is 10.8. The highest BCUT2D eigenvalue weighted by Crippen LogP contribution is 2.39. The van der Waals surface area contributed by atoms with Crippen LogP contribution in [0.25, 0.3) is 17.1 Å². The number of hydrogen-bond acceptors (Lipinski definition) is 9. The molecule has 2 N–H and O–H groups in total. The number of nitrogens with zero attached hydrogens (tertiary/aromatic N) is 6. The number of hydrogen-bond donors (Lipinski definition) is 2. The molecule has 0 saturated heterocycles. The third-order valence-corrected chi connectivity index (χ3v) is 6.74. The highest BCUT2D eigenvalue weighted by atomic mass is 32.2. The Morgan fingerprint density at radius 2 is 1.84 bits per heavy atom. The van der Waals surface area contributed by atoms with Crippen LogP contribution >= 0.6 is 11.8 Å². The van der Waals surface area contributed by atoms with E-state index in [1.807, 2.05) is 74.7 Å². The number of aromatic hydroxyl groups is 2. The molecule has 0 atom stereocenters. The van der Waals surface area contributed by atoms with E-state index in [-0.39, 0.29) is 17.4 Å². The third kappa shape index (κ3) is 6.81. The number of likely N-dealkylation sites (N-methyl/N-ethyl adjacent to an activating group) is 1. The van der Waals surface area contributed by atoms with Crippen molar-refractivity contribution in [2.75, 3.05) is 32.2 Å². The largest absolute Gasteiger partial charge is 0.508 e. The van der Waals surface area contributed by atoms with Gasteiger partial charge in [-0.05, 0) is 41.3 Å². The summed E-state index contributed by atoms with van der Waals surface area (Å²) in [7, 11) is 3.63. The maximum Gasteiger partial charge on any atom is 0.196 e. The van der Waals surface area contributed by atoms with Crippen LogP contribution in [0.5, 0.6) is 11.5 Å². The monoisotopic (exact) mass is 536 g/mol. The van der Waals surface area contributed by atoms with Crippen LogP contribution in [-0.2, 0) is 10.5 Å². The van der Waals surface area contributed by atoms with Crippen molar-refractivity contribution in [2.45, 2.75) is 44.5 Å². The van der Waals surface area contributed by atoms with Gasteiger partial charge in [0.05, 0.1) is 24.1 Å². The van der Waals surface area contributed by atoms with E-state index >= 15 is 0 Å². The molecule has 0 bridgehead atoms. The SMILES string of the molecule is CC.COCCN(C)c1ccc(-n2c(SCc3cccnc3)nnc2-c2cc(C(C)C)c(O)cc2O)cn1. The molecule has 4 aromatic rings. The van der Waals surface area contributed by atoms with Crippen LogP contribution in [0.15, 0.2) is 60.1 Å². The Morgan fingerprint density at radius 3 is 2.47 bits per heavy atom. The summed E-state index contributed by atoms with van der Waals surface area (Å²) in [6.45, 7) is 9.28. The number of thioether (sulfide) groups is 1. The van der Waals surface area contributed by atoms with Gasteiger partial charge in [-0.2, -0.15) is 0 Å². The van der Waals surface area contributed by atoms with Gasteiger partial charge in [-0.1, -0.05) is 45.5 Å². The van der Waals surface area contributed by atoms with Crippen LogP contribution in [0.3, 0.4) is 0 Å². The minimum Gasteiger partial charge on any atom is -0.508 e. The lowest BCUT2D eigenvalue weighted by atomic mass is 9.98. The van der Waals surface area contributed by atoms with E-state index in [4.69, 9.17) is 4.74 Å². The van der Waals surface area contributed by atoms with E-state index < -0.39 is 0 Å². The lowest BCUT2D eigenvalue weighted by Crippen LogP contribution is -2.22. The van der Waals surface area contributed by atoms with Crippen LogP contribution in [0.2, 0.25) is 0 Å². The Bertz CT molecular complexity index is 1300. The van der Waals surface area contributed by atoms with Gasteiger partial charge in [0.25, 0.3) is 0 Å². The van der Waals surface area contributed by atoms with Gasteiger partial charge in [0.2, 0.25) is 0 Å². The van der Waals surface area contributed by atoms with E-state index in [2.05, 4.69) is 20.2 Å². The molecule has 0 saturated carbocycles. The molecular formula is C28H36N6O3S. The molecule has 10 heteroatoms. The summed E-state index contributed by atoms with van der Waals surface area (Å²) in [5.74, 6) is 1.96. The van der Waals surface area contributed by atoms with E-state index in [0.717, 1.165) is 22.6 Å². The second kappa shape index (κ2) is 13.8. The second-order valence-corrected chi connectivity index (χ2v) is 9.61. The molecule has 0 spiro atoms. The molecule has 0 unspecified atom stereocenters. The zero-order chi connectivity index (χ0) is 27.7. The van der Waals surface area contributed by atoms with Gasteiger partial charge >= 0.3 is 0 Å². The minimum atomic E-state index is -0.0711. The molecule has 0 aliphatic heterocycles. The zero-order valence-corrected chi connectivity index (χ0v) is 23.6. The van der Waals surface area contributed by atoms with Crippen LogP contribution in [0.4, 0.5) is 5.82 Å². The van der Waals surface area contributed by atoms with Crippen molar-refractivity contribution in [3.05, 3.63) is 66.1 Å². The smallest absolute Gasteiger partial charge is 0.196 e. The maximum atomic E-state index is 10.7. The van der Waals surface area contributed by atoms with Crippen molar-refractivity contribution >= 4 is 17.6 Å². The summed E-state index contributed by atoms with van der Waals surface area (Å²) in [6, 6.07) is 10.9. The Labute approximate surface area is 228 Å². The number of methoxy groups -OCH3 is 1. The van der Waals surface area contributed by atoms with Gasteiger partial charge in [-0.15, -0.1) is 10.2 Å². The summed E-state index contributed by atoms with van der Waals surface area (Å²) >= 11 is 1.52. The maximum absolute atomic E-state index is 10.7. The predicted octanol–water partition coefficient (Wildman–Crippen LogP) is 5.66. The van der Waals surface area contributed by atoms with E-state index in [0.29, 0.717) is 35.4 Å². The molecule has 0 aliphatic rings. The third-order valence-electron chi connectivity index (χ3n) is 5.74. The van der Waals surface area contributed by atoms with Gasteiger partial charge in [-0.25, -0.2) is 4.98 Å². The molecule has 0 radical (unpaired) electrons. The van der Waals surface area contributed by atoms with E-state index in [1.54, 1.807) is 25.6 Å². The number of anilines is 1. The number of aromatic nitrogens is 5. The molecule has 0 amide bonds. The number of phenols is 2. The molecule has 38 heavy (non-hydrogen) atoms. The number of pyridine rings is 2. The molecular weight excluding hydrogens is 500 g/mol. The minimum absolute atomic E-state index is 0.0496. The Balaban J connectivity index is 0.00000195. The van der Waals surface area contributed by atoms with Crippen LogP contribution in [0.1, 0.15) is 44.7 Å². The van der Waals surface area contributed by atoms with Crippen molar-refractivity contribution in [3.8, 4) is 28.6 Å². The quantitative estimate of drug-likeness (QED) is 0.248. The average molecular weight is 537 g/mol. The molecule has 202 valence electrons. The van der Waals surface area contributed by atoms with Crippen molar-refractivity contribution in [1.82, 2.24) is 24.7 Å². The molecule has 0 aliphatic carbocycles. The standard InChI is InChI=1S/C26H30N6O3S.C2H6/c1-17(2)20-12-21(23(34)13-22(20)33)25-29-30-26(36-16-18-6-5-9-27-14-18)32(25)19-7-8-24(28-15-19)31(3)10-11-35-4;1-2/h5-9,12-15,17,33-34H,10-11,16H2,1-4H3;1-2H3. The highest BCUT2D eigenvalue weighted by molar-refractivity contribution is 7.98. The Morgan fingerprint density at radius 1 is 1.05 bits per heavy atom. The lowest BCUT2D eigenvalue weighted by Gasteiger charge is -2.18. The average Bonchev–Trinajstić information content (AvgIpc) is 3.35. The topological polar surface area (TPSA) is 109 Å². The number of rotatable bonds is 10. The fourth-order valence-corrected chi connectivity index (χ4v) is 4.60. The van der Waals surface area contributed by atoms with Gasteiger partial charge in [0.15, 0.2) is 11.0 Å². The van der Waals surface area contributed by atoms with Gasteiger partial charge in [-0.3, -0.25) is 9.55 Å². The molecule has 3 aromatic heterocycles. The summed E-state index contributed by atoms with van der Waals surface area (Å²) in [6.07, 6.45) is 5.33. The fourth-order valence-electron chi connectivity index (χ4n) is 3.72. The first-order valence-electron chi connectivity index (χ1n) is 12.6. The van der Waals surface area contributed by atoms with Crippen molar-refractivity contribution < 1.29 is 14.9 Å². The summed E-state index contributed by atoms with van der Waals surface area (Å²) < 4.78 is 7.05. The van der Waals surface area contributed by atoms with E-state index in [9.17, 15) is 10.2 Å². The first kappa shape index (κ1) is 28.9. The van der Waals surface area contributed by atoms with Crippen molar-refractivity contribution in [1.29, 1.82) is 0 Å². The highest BCUT2D eigenvalue weighted by Gasteiger charge is 2.22. The molecule has 1 aromatic carbocycles. The molecule has 4 rings (SSSR count). The van der Waals surface area contributed by atoms with Crippen LogP contribution in [-0.4, -0.2) is 62.3 Å². The number of ether oxygens (including phenoxy) is 1. The molecule has 0 fully saturated rings. The number of benzene rings is 1. The van der Waals surface area contributed by atoms with Crippen molar-refractivity contribution in [3.63, 3.8) is 0 Å². The van der Waals surface area contributed by atoms with Gasteiger partial charge < -0.3 is 19.8 Å². The first-order chi connectivity index (χ1) is 18.4.